The van der Waals surface area contributed by atoms with E-state index in [0.29, 0.717) is 0 Å². The van der Waals surface area contributed by atoms with Crippen LogP contribution in [-0.2, 0) is 6.42 Å². The van der Waals surface area contributed by atoms with Gasteiger partial charge < -0.3 is 4.98 Å². The number of fused-ring (bicyclic) bond motifs is 1. The molecule has 0 unspecified atom stereocenters. The Morgan fingerprint density at radius 3 is 2.29 bits per heavy atom. The minimum atomic E-state index is 0. The van der Waals surface area contributed by atoms with E-state index in [2.05, 4.69) is 65.6 Å². The third kappa shape index (κ3) is 2.59. The Morgan fingerprint density at radius 2 is 1.53 bits per heavy atom. The summed E-state index contributed by atoms with van der Waals surface area (Å²) in [4.78, 5) is 3.44. The van der Waals surface area contributed by atoms with Crippen molar-refractivity contribution in [2.24, 2.45) is 0 Å². The van der Waals surface area contributed by atoms with Crippen molar-refractivity contribution in [1.29, 1.82) is 0 Å². The van der Waals surface area contributed by atoms with Gasteiger partial charge in [0, 0.05) is 17.6 Å². The summed E-state index contributed by atoms with van der Waals surface area (Å²) in [5, 5.41) is 1.29. The van der Waals surface area contributed by atoms with Crippen LogP contribution < -0.4 is 0 Å². The van der Waals surface area contributed by atoms with Gasteiger partial charge in [-0.25, -0.2) is 0 Å². The van der Waals surface area contributed by atoms with Crippen LogP contribution >= 0.6 is 17.0 Å². The maximum atomic E-state index is 3.44. The van der Waals surface area contributed by atoms with E-state index in [1.807, 2.05) is 0 Å². The lowest BCUT2D eigenvalue weighted by atomic mass is 10.1. The number of aromatic nitrogens is 1. The zero-order chi connectivity index (χ0) is 10.8. The van der Waals surface area contributed by atoms with Gasteiger partial charge in [0.05, 0.1) is 0 Å². The summed E-state index contributed by atoms with van der Waals surface area (Å²) in [5.41, 5.74) is 3.83. The minimum absolute atomic E-state index is 0. The fraction of sp³-hybridized carbons (Fsp3) is 0.0667. The van der Waals surface area contributed by atoms with Gasteiger partial charge in [0.15, 0.2) is 0 Å². The van der Waals surface area contributed by atoms with E-state index < -0.39 is 0 Å². The monoisotopic (exact) mass is 287 g/mol. The van der Waals surface area contributed by atoms with Gasteiger partial charge in [-0.05, 0) is 23.1 Å². The molecule has 2 heteroatoms. The van der Waals surface area contributed by atoms with Crippen LogP contribution in [0.1, 0.15) is 11.3 Å². The van der Waals surface area contributed by atoms with Crippen molar-refractivity contribution in [1.82, 2.24) is 4.98 Å². The van der Waals surface area contributed by atoms with Gasteiger partial charge in [-0.1, -0.05) is 48.5 Å². The molecule has 0 amide bonds. The van der Waals surface area contributed by atoms with Crippen molar-refractivity contribution in [3.8, 4) is 0 Å². The highest BCUT2D eigenvalue weighted by molar-refractivity contribution is 8.93. The lowest BCUT2D eigenvalue weighted by molar-refractivity contribution is 1.12. The number of para-hydroxylation sites is 1. The van der Waals surface area contributed by atoms with Crippen molar-refractivity contribution >= 4 is 27.9 Å². The highest BCUT2D eigenvalue weighted by Crippen LogP contribution is 2.17. The fourth-order valence-corrected chi connectivity index (χ4v) is 2.04. The Labute approximate surface area is 111 Å². The number of rotatable bonds is 2. The topological polar surface area (TPSA) is 15.8 Å². The summed E-state index contributed by atoms with van der Waals surface area (Å²) in [7, 11) is 0. The molecular weight excluding hydrogens is 274 g/mol. The van der Waals surface area contributed by atoms with Crippen LogP contribution in [0.25, 0.3) is 10.9 Å². The second-order valence-electron chi connectivity index (χ2n) is 4.04. The van der Waals surface area contributed by atoms with E-state index in [1.54, 1.807) is 0 Å². The van der Waals surface area contributed by atoms with Crippen molar-refractivity contribution in [3.05, 3.63) is 71.9 Å². The Morgan fingerprint density at radius 1 is 0.824 bits per heavy atom. The van der Waals surface area contributed by atoms with E-state index in [0.717, 1.165) is 6.42 Å². The van der Waals surface area contributed by atoms with Gasteiger partial charge in [0.25, 0.3) is 0 Å². The number of H-pyrrole nitrogens is 1. The van der Waals surface area contributed by atoms with E-state index in [4.69, 9.17) is 0 Å². The Balaban J connectivity index is 0.00000108. The number of nitrogens with one attached hydrogen (secondary N) is 1. The number of hydrogen-bond donors (Lipinski definition) is 1. The Bertz CT molecular complexity index is 565. The standard InChI is InChI=1S/C15H13N.BrH/c1-2-6-12(7-3-1)10-14-11-13-8-4-5-9-15(13)16-14;/h1-9,11,16H,10H2;1H. The maximum absolute atomic E-state index is 3.44. The van der Waals surface area contributed by atoms with Crippen LogP contribution in [0, 0.1) is 0 Å². The third-order valence-corrected chi connectivity index (χ3v) is 2.82. The molecule has 0 bridgehead atoms. The lowest BCUT2D eigenvalue weighted by Crippen LogP contribution is -1.86. The first-order chi connectivity index (χ1) is 7.92. The molecule has 0 saturated heterocycles. The predicted molar refractivity (Wildman–Crippen MR) is 77.9 cm³/mol. The average Bonchev–Trinajstić information content (AvgIpc) is 2.72. The largest absolute Gasteiger partial charge is 0.358 e. The van der Waals surface area contributed by atoms with Crippen molar-refractivity contribution in [2.45, 2.75) is 6.42 Å². The second-order valence-corrected chi connectivity index (χ2v) is 4.04. The van der Waals surface area contributed by atoms with E-state index in [1.165, 1.54) is 22.2 Å². The molecule has 1 nitrogen and oxygen atoms in total. The molecule has 86 valence electrons. The Hall–Kier alpha value is -1.54. The molecule has 3 rings (SSSR count). The summed E-state index contributed by atoms with van der Waals surface area (Å²) in [6, 6.07) is 21.1. The van der Waals surface area contributed by atoms with Crippen molar-refractivity contribution in [3.63, 3.8) is 0 Å². The molecule has 0 spiro atoms. The van der Waals surface area contributed by atoms with Crippen LogP contribution in [0.3, 0.4) is 0 Å². The molecule has 17 heavy (non-hydrogen) atoms. The molecule has 0 radical (unpaired) electrons. The highest BCUT2D eigenvalue weighted by atomic mass is 79.9. The predicted octanol–water partition coefficient (Wildman–Crippen LogP) is 4.34. The van der Waals surface area contributed by atoms with Crippen molar-refractivity contribution < 1.29 is 0 Å². The van der Waals surface area contributed by atoms with Gasteiger partial charge >= 0.3 is 0 Å². The van der Waals surface area contributed by atoms with Gasteiger partial charge in [-0.15, -0.1) is 17.0 Å². The average molecular weight is 288 g/mol. The first-order valence-electron chi connectivity index (χ1n) is 5.52. The molecule has 0 aliphatic rings. The quantitative estimate of drug-likeness (QED) is 0.722. The third-order valence-electron chi connectivity index (χ3n) is 2.82. The molecule has 1 N–H and O–H groups in total. The van der Waals surface area contributed by atoms with Gasteiger partial charge in [0.1, 0.15) is 0 Å². The molecule has 0 aliphatic heterocycles. The Kier molecular flexibility index (Phi) is 3.64. The van der Waals surface area contributed by atoms with Crippen molar-refractivity contribution in [2.75, 3.05) is 0 Å². The maximum Gasteiger partial charge on any atom is 0.0456 e. The van der Waals surface area contributed by atoms with Crippen LogP contribution in [0.5, 0.6) is 0 Å². The molecular formula is C15H14BrN. The van der Waals surface area contributed by atoms with Crippen LogP contribution in [0.15, 0.2) is 60.7 Å². The lowest BCUT2D eigenvalue weighted by Gasteiger charge is -1.97. The zero-order valence-electron chi connectivity index (χ0n) is 9.39. The van der Waals surface area contributed by atoms with Crippen LogP contribution in [0.4, 0.5) is 0 Å². The summed E-state index contributed by atoms with van der Waals surface area (Å²) in [6.07, 6.45) is 0.968. The first-order valence-corrected chi connectivity index (χ1v) is 5.52. The van der Waals surface area contributed by atoms with E-state index in [9.17, 15) is 0 Å². The SMILES string of the molecule is Br.c1ccc(Cc2cc3ccccc3[nH]2)cc1. The zero-order valence-corrected chi connectivity index (χ0v) is 11.1. The summed E-state index contributed by atoms with van der Waals surface area (Å²) in [6.45, 7) is 0. The molecule has 1 aromatic heterocycles. The fourth-order valence-electron chi connectivity index (χ4n) is 2.04. The smallest absolute Gasteiger partial charge is 0.0456 e. The van der Waals surface area contributed by atoms with Crippen LogP contribution in [-0.4, -0.2) is 4.98 Å². The number of aromatic amines is 1. The van der Waals surface area contributed by atoms with E-state index in [-0.39, 0.29) is 17.0 Å². The molecule has 0 fully saturated rings. The first kappa shape index (κ1) is 11.9. The van der Waals surface area contributed by atoms with Gasteiger partial charge in [0.2, 0.25) is 0 Å². The van der Waals surface area contributed by atoms with Gasteiger partial charge in [-0.2, -0.15) is 0 Å². The summed E-state index contributed by atoms with van der Waals surface area (Å²) in [5.74, 6) is 0. The summed E-state index contributed by atoms with van der Waals surface area (Å²) < 4.78 is 0. The molecule has 0 atom stereocenters. The van der Waals surface area contributed by atoms with Crippen LogP contribution in [0.2, 0.25) is 0 Å². The van der Waals surface area contributed by atoms with E-state index >= 15 is 0 Å². The summed E-state index contributed by atoms with van der Waals surface area (Å²) >= 11 is 0. The molecule has 0 saturated carbocycles. The minimum Gasteiger partial charge on any atom is -0.358 e. The normalized spacial score (nSPS) is 10.1. The molecule has 3 aromatic rings. The number of halogens is 1. The molecule has 2 aromatic carbocycles. The number of hydrogen-bond acceptors (Lipinski definition) is 0. The molecule has 1 heterocycles. The number of benzene rings is 2. The highest BCUT2D eigenvalue weighted by Gasteiger charge is 2.00. The molecule has 0 aliphatic carbocycles. The second kappa shape index (κ2) is 5.19. The van der Waals surface area contributed by atoms with Gasteiger partial charge in [-0.3, -0.25) is 0 Å².